The van der Waals surface area contributed by atoms with Gasteiger partial charge in [-0.25, -0.2) is 0 Å². The second kappa shape index (κ2) is 6.44. The van der Waals surface area contributed by atoms with Gasteiger partial charge in [0.25, 0.3) is 0 Å². The first-order chi connectivity index (χ1) is 9.45. The molecule has 2 rings (SSSR count). The quantitative estimate of drug-likeness (QED) is 0.870. The molecular weight excluding hydrogens is 252 g/mol. The molecule has 1 aliphatic rings. The van der Waals surface area contributed by atoms with Gasteiger partial charge in [-0.1, -0.05) is 27.7 Å². The molecule has 4 heteroatoms. The van der Waals surface area contributed by atoms with Gasteiger partial charge in [-0.15, -0.1) is 0 Å². The summed E-state index contributed by atoms with van der Waals surface area (Å²) in [5.41, 5.74) is 0. The van der Waals surface area contributed by atoms with Crippen molar-refractivity contribution in [1.29, 1.82) is 0 Å². The topological polar surface area (TPSA) is 45.5 Å². The van der Waals surface area contributed by atoms with E-state index in [1.165, 1.54) is 0 Å². The van der Waals surface area contributed by atoms with E-state index in [4.69, 9.17) is 4.42 Å². The second-order valence-electron chi connectivity index (χ2n) is 6.39. The zero-order chi connectivity index (χ0) is 14.7. The van der Waals surface area contributed by atoms with E-state index in [2.05, 4.69) is 33.0 Å². The van der Waals surface area contributed by atoms with E-state index in [1.807, 2.05) is 17.0 Å². The second-order valence-corrected chi connectivity index (χ2v) is 6.39. The Kier molecular flexibility index (Phi) is 4.86. The van der Waals surface area contributed by atoms with Crippen LogP contribution in [0.15, 0.2) is 16.5 Å². The third kappa shape index (κ3) is 3.85. The van der Waals surface area contributed by atoms with Gasteiger partial charge in [0, 0.05) is 19.0 Å². The Morgan fingerprint density at radius 1 is 1.30 bits per heavy atom. The monoisotopic (exact) mass is 278 g/mol. The summed E-state index contributed by atoms with van der Waals surface area (Å²) in [6.07, 6.45) is 0.681. The van der Waals surface area contributed by atoms with E-state index in [0.29, 0.717) is 30.8 Å². The molecule has 20 heavy (non-hydrogen) atoms. The Hall–Kier alpha value is -1.29. The summed E-state index contributed by atoms with van der Waals surface area (Å²) in [6.45, 7) is 10.8. The maximum absolute atomic E-state index is 12.0. The minimum Gasteiger partial charge on any atom is -0.463 e. The van der Waals surface area contributed by atoms with E-state index < -0.39 is 0 Å². The summed E-state index contributed by atoms with van der Waals surface area (Å²) in [4.78, 5) is 13.9. The van der Waals surface area contributed by atoms with Crippen molar-refractivity contribution in [2.75, 3.05) is 6.54 Å². The predicted octanol–water partition coefficient (Wildman–Crippen LogP) is 2.78. The Morgan fingerprint density at radius 3 is 2.60 bits per heavy atom. The molecule has 4 nitrogen and oxygen atoms in total. The van der Waals surface area contributed by atoms with Crippen molar-refractivity contribution >= 4 is 5.91 Å². The first-order valence-corrected chi connectivity index (χ1v) is 7.54. The van der Waals surface area contributed by atoms with Crippen molar-refractivity contribution in [2.24, 2.45) is 11.8 Å². The number of nitrogens with one attached hydrogen (secondary N) is 1. The first kappa shape index (κ1) is 15.1. The summed E-state index contributed by atoms with van der Waals surface area (Å²) >= 11 is 0. The average Bonchev–Trinajstić information content (AvgIpc) is 2.95. The zero-order valence-electron chi connectivity index (χ0n) is 13.0. The molecule has 1 aliphatic heterocycles. The van der Waals surface area contributed by atoms with Gasteiger partial charge in [0.15, 0.2) is 0 Å². The fraction of sp³-hybridized carbons (Fsp3) is 0.688. The number of amides is 1. The lowest BCUT2D eigenvalue weighted by atomic mass is 9.95. The standard InChI is InChI=1S/C16H26N2O2/c1-11(2)13-7-16(19)18(9-13)10-15-6-5-14(20-15)8-17-12(3)4/h5-6,11-13,17H,7-10H2,1-4H3. The van der Waals surface area contributed by atoms with Crippen molar-refractivity contribution in [2.45, 2.75) is 53.2 Å². The largest absolute Gasteiger partial charge is 0.463 e. The SMILES string of the molecule is CC(C)NCc1ccc(CN2CC(C(C)C)CC2=O)o1. The third-order valence-electron chi connectivity index (χ3n) is 3.94. The molecule has 0 aromatic carbocycles. The van der Waals surface area contributed by atoms with Crippen LogP contribution >= 0.6 is 0 Å². The van der Waals surface area contributed by atoms with Gasteiger partial charge in [-0.2, -0.15) is 0 Å². The zero-order valence-corrected chi connectivity index (χ0v) is 13.0. The molecule has 0 bridgehead atoms. The molecule has 2 heterocycles. The number of carbonyl (C=O) groups excluding carboxylic acids is 1. The Balaban J connectivity index is 1.89. The molecule has 112 valence electrons. The van der Waals surface area contributed by atoms with Crippen molar-refractivity contribution < 1.29 is 9.21 Å². The van der Waals surface area contributed by atoms with Crippen molar-refractivity contribution in [3.8, 4) is 0 Å². The van der Waals surface area contributed by atoms with E-state index in [0.717, 1.165) is 24.6 Å². The first-order valence-electron chi connectivity index (χ1n) is 7.54. The number of likely N-dealkylation sites (tertiary alicyclic amines) is 1. The van der Waals surface area contributed by atoms with Crippen LogP contribution in [0.25, 0.3) is 0 Å². The van der Waals surface area contributed by atoms with Gasteiger partial charge < -0.3 is 14.6 Å². The Morgan fingerprint density at radius 2 is 2.00 bits per heavy atom. The highest BCUT2D eigenvalue weighted by Crippen LogP contribution is 2.26. The molecule has 1 N–H and O–H groups in total. The molecule has 0 radical (unpaired) electrons. The summed E-state index contributed by atoms with van der Waals surface area (Å²) in [6, 6.07) is 4.41. The number of nitrogens with zero attached hydrogens (tertiary/aromatic N) is 1. The van der Waals surface area contributed by atoms with Crippen LogP contribution in [-0.4, -0.2) is 23.4 Å². The van der Waals surface area contributed by atoms with Crippen molar-refractivity contribution in [1.82, 2.24) is 10.2 Å². The van der Waals surface area contributed by atoms with Crippen LogP contribution in [0.1, 0.15) is 45.6 Å². The van der Waals surface area contributed by atoms with E-state index in [-0.39, 0.29) is 5.91 Å². The van der Waals surface area contributed by atoms with Crippen LogP contribution in [0.4, 0.5) is 0 Å². The van der Waals surface area contributed by atoms with Gasteiger partial charge >= 0.3 is 0 Å². The van der Waals surface area contributed by atoms with Gasteiger partial charge in [0.2, 0.25) is 5.91 Å². The highest BCUT2D eigenvalue weighted by molar-refractivity contribution is 5.78. The number of furan rings is 1. The highest BCUT2D eigenvalue weighted by atomic mass is 16.3. The molecule has 1 fully saturated rings. The predicted molar refractivity (Wildman–Crippen MR) is 79.0 cm³/mol. The molecule has 1 amide bonds. The minimum absolute atomic E-state index is 0.252. The van der Waals surface area contributed by atoms with Crippen molar-refractivity contribution in [3.05, 3.63) is 23.7 Å². The van der Waals surface area contributed by atoms with Gasteiger partial charge in [0.05, 0.1) is 13.1 Å². The molecule has 0 spiro atoms. The maximum atomic E-state index is 12.0. The summed E-state index contributed by atoms with van der Waals surface area (Å²) in [5.74, 6) is 3.11. The van der Waals surface area contributed by atoms with Gasteiger partial charge in [-0.3, -0.25) is 4.79 Å². The van der Waals surface area contributed by atoms with E-state index in [1.54, 1.807) is 0 Å². The lowest BCUT2D eigenvalue weighted by Gasteiger charge is -2.16. The van der Waals surface area contributed by atoms with Crippen LogP contribution in [0, 0.1) is 11.8 Å². The van der Waals surface area contributed by atoms with Gasteiger partial charge in [0.1, 0.15) is 11.5 Å². The molecule has 1 unspecified atom stereocenters. The lowest BCUT2D eigenvalue weighted by Crippen LogP contribution is -2.25. The number of carbonyl (C=O) groups is 1. The highest BCUT2D eigenvalue weighted by Gasteiger charge is 2.31. The third-order valence-corrected chi connectivity index (χ3v) is 3.94. The summed E-state index contributed by atoms with van der Waals surface area (Å²) in [7, 11) is 0. The van der Waals surface area contributed by atoms with Gasteiger partial charge in [-0.05, 0) is 24.0 Å². The molecule has 1 saturated heterocycles. The van der Waals surface area contributed by atoms with Crippen LogP contribution in [-0.2, 0) is 17.9 Å². The lowest BCUT2D eigenvalue weighted by molar-refractivity contribution is -0.128. The van der Waals surface area contributed by atoms with Crippen molar-refractivity contribution in [3.63, 3.8) is 0 Å². The van der Waals surface area contributed by atoms with Crippen LogP contribution < -0.4 is 5.32 Å². The molecule has 0 saturated carbocycles. The number of rotatable bonds is 6. The Bertz CT molecular complexity index is 451. The molecular formula is C16H26N2O2. The van der Waals surface area contributed by atoms with Crippen LogP contribution in [0.5, 0.6) is 0 Å². The smallest absolute Gasteiger partial charge is 0.223 e. The fourth-order valence-electron chi connectivity index (χ4n) is 2.50. The van der Waals surface area contributed by atoms with E-state index in [9.17, 15) is 4.79 Å². The normalized spacial score (nSPS) is 19.6. The van der Waals surface area contributed by atoms with E-state index >= 15 is 0 Å². The number of hydrogen-bond donors (Lipinski definition) is 1. The Labute approximate surface area is 121 Å². The molecule has 1 aromatic heterocycles. The molecule has 1 atom stereocenters. The van der Waals surface area contributed by atoms with Crippen LogP contribution in [0.3, 0.4) is 0 Å². The maximum Gasteiger partial charge on any atom is 0.223 e. The molecule has 0 aliphatic carbocycles. The molecule has 1 aromatic rings. The number of hydrogen-bond acceptors (Lipinski definition) is 3. The summed E-state index contributed by atoms with van der Waals surface area (Å²) in [5, 5.41) is 3.33. The summed E-state index contributed by atoms with van der Waals surface area (Å²) < 4.78 is 5.78. The fourth-order valence-corrected chi connectivity index (χ4v) is 2.50. The minimum atomic E-state index is 0.252. The average molecular weight is 278 g/mol. The van der Waals surface area contributed by atoms with Crippen LogP contribution in [0.2, 0.25) is 0 Å².